The van der Waals surface area contributed by atoms with Gasteiger partial charge < -0.3 is 26.8 Å². The number of anilines is 3. The van der Waals surface area contributed by atoms with E-state index >= 15 is 0 Å². The minimum absolute atomic E-state index is 0.283. The summed E-state index contributed by atoms with van der Waals surface area (Å²) in [6.45, 7) is 1.14. The molecule has 0 aliphatic carbocycles. The van der Waals surface area contributed by atoms with E-state index < -0.39 is 0 Å². The second kappa shape index (κ2) is 7.28. The molecule has 116 valence electrons. The number of carbonyl (C=O) groups excluding carboxylic acids is 1. The number of nitrogens with one attached hydrogen (secondary N) is 2. The van der Waals surface area contributed by atoms with Crippen LogP contribution in [0.2, 0.25) is 0 Å². The van der Waals surface area contributed by atoms with Crippen LogP contribution in [0.5, 0.6) is 5.75 Å². The van der Waals surface area contributed by atoms with Crippen molar-refractivity contribution in [1.82, 2.24) is 4.98 Å². The third kappa shape index (κ3) is 3.86. The third-order valence-corrected chi connectivity index (χ3v) is 2.98. The van der Waals surface area contributed by atoms with E-state index in [1.807, 2.05) is 0 Å². The van der Waals surface area contributed by atoms with Crippen molar-refractivity contribution in [1.29, 1.82) is 0 Å². The van der Waals surface area contributed by atoms with Crippen molar-refractivity contribution in [2.75, 3.05) is 36.6 Å². The quantitative estimate of drug-likeness (QED) is 0.598. The Morgan fingerprint density at radius 1 is 1.32 bits per heavy atom. The summed E-state index contributed by atoms with van der Waals surface area (Å²) in [6.07, 6.45) is 1.49. The Kier molecular flexibility index (Phi) is 5.16. The molecule has 7 nitrogen and oxygen atoms in total. The van der Waals surface area contributed by atoms with Gasteiger partial charge in [-0.1, -0.05) is 0 Å². The van der Waals surface area contributed by atoms with E-state index in [1.54, 1.807) is 37.4 Å². The van der Waals surface area contributed by atoms with E-state index in [4.69, 9.17) is 16.2 Å². The molecule has 2 aromatic rings. The molecule has 0 radical (unpaired) electrons. The lowest BCUT2D eigenvalue weighted by molar-refractivity contribution is 0.102. The topological polar surface area (TPSA) is 115 Å². The van der Waals surface area contributed by atoms with E-state index in [2.05, 4.69) is 15.6 Å². The van der Waals surface area contributed by atoms with Crippen LogP contribution < -0.4 is 26.8 Å². The fourth-order valence-corrected chi connectivity index (χ4v) is 1.81. The molecule has 0 bridgehead atoms. The first-order valence-electron chi connectivity index (χ1n) is 6.79. The van der Waals surface area contributed by atoms with E-state index in [-0.39, 0.29) is 5.91 Å². The minimum atomic E-state index is -0.283. The molecule has 1 heterocycles. The molecule has 1 amide bonds. The van der Waals surface area contributed by atoms with E-state index in [9.17, 15) is 4.79 Å². The largest absolute Gasteiger partial charge is 0.497 e. The molecule has 6 N–H and O–H groups in total. The maximum Gasteiger partial charge on any atom is 0.257 e. The molecule has 0 spiro atoms. The molecule has 0 aliphatic heterocycles. The number of nitrogens with zero attached hydrogens (tertiary/aromatic N) is 1. The van der Waals surface area contributed by atoms with Crippen LogP contribution in [-0.2, 0) is 0 Å². The normalized spacial score (nSPS) is 10.1. The van der Waals surface area contributed by atoms with Crippen molar-refractivity contribution in [3.8, 4) is 5.75 Å². The van der Waals surface area contributed by atoms with Crippen molar-refractivity contribution in [2.45, 2.75) is 0 Å². The summed E-state index contributed by atoms with van der Waals surface area (Å²) in [6, 6.07) is 8.47. The number of carbonyl (C=O) groups is 1. The summed E-state index contributed by atoms with van der Waals surface area (Å²) < 4.78 is 5.07. The lowest BCUT2D eigenvalue weighted by Gasteiger charge is -2.10. The molecule has 1 aromatic heterocycles. The first kappa shape index (κ1) is 15.6. The third-order valence-electron chi connectivity index (χ3n) is 2.98. The van der Waals surface area contributed by atoms with Gasteiger partial charge in [-0.2, -0.15) is 0 Å². The minimum Gasteiger partial charge on any atom is -0.497 e. The fourth-order valence-electron chi connectivity index (χ4n) is 1.81. The summed E-state index contributed by atoms with van der Waals surface area (Å²) in [5.74, 6) is 1.02. The highest BCUT2D eigenvalue weighted by Gasteiger charge is 2.09. The van der Waals surface area contributed by atoms with Gasteiger partial charge in [0, 0.05) is 25.4 Å². The van der Waals surface area contributed by atoms with Gasteiger partial charge in [0.25, 0.3) is 5.91 Å². The van der Waals surface area contributed by atoms with Gasteiger partial charge in [0.15, 0.2) is 0 Å². The highest BCUT2D eigenvalue weighted by molar-refractivity contribution is 6.05. The van der Waals surface area contributed by atoms with Gasteiger partial charge >= 0.3 is 0 Å². The number of methoxy groups -OCH3 is 1. The van der Waals surface area contributed by atoms with Crippen LogP contribution in [0.1, 0.15) is 10.4 Å². The van der Waals surface area contributed by atoms with E-state index in [0.29, 0.717) is 41.6 Å². The molecular formula is C15H19N5O2. The predicted octanol–water partition coefficient (Wildman–Crippen LogP) is 1.30. The number of benzene rings is 1. The molecule has 1 aromatic carbocycles. The number of nitrogen functional groups attached to an aromatic ring is 1. The number of aromatic nitrogens is 1. The Bertz CT molecular complexity index is 643. The molecule has 0 fully saturated rings. The zero-order chi connectivity index (χ0) is 15.9. The maximum absolute atomic E-state index is 12.2. The average Bonchev–Trinajstić information content (AvgIpc) is 2.55. The zero-order valence-corrected chi connectivity index (χ0v) is 12.3. The van der Waals surface area contributed by atoms with Crippen molar-refractivity contribution in [2.24, 2.45) is 5.73 Å². The highest BCUT2D eigenvalue weighted by atomic mass is 16.5. The van der Waals surface area contributed by atoms with E-state index in [0.717, 1.165) is 0 Å². The Morgan fingerprint density at radius 2 is 2.14 bits per heavy atom. The molecule has 0 unspecified atom stereocenters. The van der Waals surface area contributed by atoms with Crippen LogP contribution >= 0.6 is 0 Å². The van der Waals surface area contributed by atoms with Gasteiger partial charge in [-0.15, -0.1) is 0 Å². The van der Waals surface area contributed by atoms with Gasteiger partial charge in [-0.3, -0.25) is 4.79 Å². The van der Waals surface area contributed by atoms with E-state index in [1.165, 1.54) is 6.20 Å². The first-order chi connectivity index (χ1) is 10.6. The summed E-state index contributed by atoms with van der Waals surface area (Å²) in [4.78, 5) is 16.3. The molecule has 0 saturated carbocycles. The Hall–Kier alpha value is -2.80. The second-order valence-electron chi connectivity index (χ2n) is 4.55. The van der Waals surface area contributed by atoms with Crippen molar-refractivity contribution in [3.05, 3.63) is 42.1 Å². The van der Waals surface area contributed by atoms with Crippen molar-refractivity contribution in [3.63, 3.8) is 0 Å². The molecule has 7 heteroatoms. The lowest BCUT2D eigenvalue weighted by atomic mass is 10.2. The number of nitrogens with two attached hydrogens (primary N) is 2. The summed E-state index contributed by atoms with van der Waals surface area (Å²) in [5.41, 5.74) is 12.7. The van der Waals surface area contributed by atoms with Gasteiger partial charge in [0.05, 0.1) is 24.0 Å². The van der Waals surface area contributed by atoms with Gasteiger partial charge in [-0.25, -0.2) is 4.98 Å². The van der Waals surface area contributed by atoms with Crippen molar-refractivity contribution >= 4 is 23.1 Å². The van der Waals surface area contributed by atoms with Crippen LogP contribution in [0.25, 0.3) is 0 Å². The first-order valence-corrected chi connectivity index (χ1v) is 6.79. The molecule has 0 atom stereocenters. The van der Waals surface area contributed by atoms with Crippen molar-refractivity contribution < 1.29 is 9.53 Å². The standard InChI is InChI=1S/C15H19N5O2/c1-22-11-3-4-13(12(17)8-11)20-15(21)10-2-5-14(19-9-10)18-7-6-16/h2-5,8-9H,6-7,16-17H2,1H3,(H,18,19)(H,20,21). The summed E-state index contributed by atoms with van der Waals surface area (Å²) >= 11 is 0. The van der Waals surface area contributed by atoms with Crippen LogP contribution in [-0.4, -0.2) is 31.1 Å². The zero-order valence-electron chi connectivity index (χ0n) is 12.3. The van der Waals surface area contributed by atoms with Crippen LogP contribution in [0.4, 0.5) is 17.2 Å². The van der Waals surface area contributed by atoms with Crippen LogP contribution in [0, 0.1) is 0 Å². The SMILES string of the molecule is COc1ccc(NC(=O)c2ccc(NCCN)nc2)c(N)c1. The monoisotopic (exact) mass is 301 g/mol. The number of rotatable bonds is 6. The molecule has 0 aliphatic rings. The maximum atomic E-state index is 12.2. The molecule has 2 rings (SSSR count). The smallest absolute Gasteiger partial charge is 0.257 e. The van der Waals surface area contributed by atoms with Crippen LogP contribution in [0.15, 0.2) is 36.5 Å². The van der Waals surface area contributed by atoms with Gasteiger partial charge in [0.2, 0.25) is 0 Å². The molecule has 0 saturated heterocycles. The Balaban J connectivity index is 2.05. The second-order valence-corrected chi connectivity index (χ2v) is 4.55. The Morgan fingerprint density at radius 3 is 2.73 bits per heavy atom. The lowest BCUT2D eigenvalue weighted by Crippen LogP contribution is -2.15. The molecule has 22 heavy (non-hydrogen) atoms. The predicted molar refractivity (Wildman–Crippen MR) is 87.1 cm³/mol. The van der Waals surface area contributed by atoms with Gasteiger partial charge in [0.1, 0.15) is 11.6 Å². The summed E-state index contributed by atoms with van der Waals surface area (Å²) in [7, 11) is 1.55. The Labute approximate surface area is 128 Å². The van der Waals surface area contributed by atoms with Crippen LogP contribution in [0.3, 0.4) is 0 Å². The number of ether oxygens (including phenoxy) is 1. The number of hydrogen-bond acceptors (Lipinski definition) is 6. The molecular weight excluding hydrogens is 282 g/mol. The number of pyridine rings is 1. The highest BCUT2D eigenvalue weighted by Crippen LogP contribution is 2.24. The average molecular weight is 301 g/mol. The number of amides is 1. The van der Waals surface area contributed by atoms with Gasteiger partial charge in [-0.05, 0) is 24.3 Å². The summed E-state index contributed by atoms with van der Waals surface area (Å²) in [5, 5.41) is 5.77. The fraction of sp³-hybridized carbons (Fsp3) is 0.200. The number of hydrogen-bond donors (Lipinski definition) is 4.